The Morgan fingerprint density at radius 1 is 1.02 bits per heavy atom. The van der Waals surface area contributed by atoms with Gasteiger partial charge in [-0.25, -0.2) is 4.98 Å². The van der Waals surface area contributed by atoms with Crippen LogP contribution in [0.4, 0.5) is 6.01 Å². The Bertz CT molecular complexity index is 1900. The lowest BCUT2D eigenvalue weighted by Crippen LogP contribution is -2.61. The number of carbonyl (C=O) groups excluding carboxylic acids is 5. The Labute approximate surface area is 332 Å². The van der Waals surface area contributed by atoms with Crippen molar-refractivity contribution in [2.75, 3.05) is 11.9 Å². The highest BCUT2D eigenvalue weighted by atomic mass is 35.5. The van der Waals surface area contributed by atoms with Gasteiger partial charge in [-0.3, -0.25) is 24.0 Å². The second-order valence-electron chi connectivity index (χ2n) is 16.6. The second-order valence-corrected chi connectivity index (χ2v) is 17.0. The van der Waals surface area contributed by atoms with E-state index in [2.05, 4.69) is 31.2 Å². The lowest BCUT2D eigenvalue weighted by molar-refractivity contribution is -0.145. The minimum absolute atomic E-state index is 0.00482. The molecule has 3 aromatic rings. The molecule has 56 heavy (non-hydrogen) atoms. The lowest BCUT2D eigenvalue weighted by atomic mass is 9.82. The highest BCUT2D eigenvalue weighted by molar-refractivity contribution is 6.38. The van der Waals surface area contributed by atoms with E-state index in [9.17, 15) is 24.0 Å². The normalized spacial score (nSPS) is 20.5. The molecule has 0 spiro atoms. The summed E-state index contributed by atoms with van der Waals surface area (Å²) < 4.78 is 12.2. The van der Waals surface area contributed by atoms with E-state index in [1.54, 1.807) is 12.1 Å². The number of ketones is 1. The number of nitrogens with one attached hydrogen (secondary N) is 4. The number of benzene rings is 1. The van der Waals surface area contributed by atoms with Gasteiger partial charge >= 0.3 is 0 Å². The quantitative estimate of drug-likeness (QED) is 0.148. The van der Waals surface area contributed by atoms with Crippen molar-refractivity contribution in [3.63, 3.8) is 0 Å². The van der Waals surface area contributed by atoms with Gasteiger partial charge in [0.1, 0.15) is 29.7 Å². The van der Waals surface area contributed by atoms with Crippen molar-refractivity contribution in [2.24, 2.45) is 11.3 Å². The zero-order valence-corrected chi connectivity index (χ0v) is 33.6. The summed E-state index contributed by atoms with van der Waals surface area (Å²) >= 11 is 6.04. The lowest BCUT2D eigenvalue weighted by Gasteiger charge is -2.37. The van der Waals surface area contributed by atoms with Gasteiger partial charge in [0.25, 0.3) is 11.9 Å². The summed E-state index contributed by atoms with van der Waals surface area (Å²) in [5.74, 6) is -2.67. The van der Waals surface area contributed by atoms with E-state index in [0.717, 1.165) is 50.5 Å². The number of likely N-dealkylation sites (tertiary alicyclic amines) is 1. The summed E-state index contributed by atoms with van der Waals surface area (Å²) in [7, 11) is 0. The first-order chi connectivity index (χ1) is 26.7. The summed E-state index contributed by atoms with van der Waals surface area (Å²) in [6.07, 6.45) is 7.94. The molecule has 2 aromatic heterocycles. The number of amides is 4. The molecular formula is C41H54ClN7O7. The predicted molar refractivity (Wildman–Crippen MR) is 211 cm³/mol. The number of aryl methyl sites for hydroxylation is 1. The first-order valence-corrected chi connectivity index (χ1v) is 20.3. The zero-order chi connectivity index (χ0) is 40.1. The van der Waals surface area contributed by atoms with Crippen LogP contribution in [0.15, 0.2) is 40.9 Å². The fourth-order valence-electron chi connectivity index (χ4n) is 7.58. The van der Waals surface area contributed by atoms with Crippen molar-refractivity contribution < 1.29 is 33.1 Å². The van der Waals surface area contributed by atoms with Gasteiger partial charge in [0, 0.05) is 24.7 Å². The summed E-state index contributed by atoms with van der Waals surface area (Å²) in [6, 6.07) is 5.19. The number of ether oxygens (including phenoxy) is 1. The number of oxazole rings is 1. The first-order valence-electron chi connectivity index (χ1n) is 19.9. The van der Waals surface area contributed by atoms with Crippen LogP contribution >= 0.6 is 11.6 Å². The number of halogens is 1. The van der Waals surface area contributed by atoms with Gasteiger partial charge in [0.2, 0.25) is 29.4 Å². The van der Waals surface area contributed by atoms with E-state index in [1.807, 2.05) is 52.8 Å². The fraction of sp³-hybridized carbons (Fsp3) is 0.585. The molecule has 2 aliphatic carbocycles. The van der Waals surface area contributed by atoms with Crippen LogP contribution in [0.25, 0.3) is 11.1 Å². The standard InChI is InChI=1S/C41H54ClN7O7/c1-6-10-29(34(50)38(53)44-26-15-16-26)45-36(51)30-20-27(55-32-18-14-25(42)21-43-32)22-49(30)39(54)35(41(3,4)5)48-37(52)33(24-11-8-7-9-12-24)47-40-46-28-17-13-23(2)19-31(28)56-40/h13-14,17-19,21,24,26-27,29-30,33,35H,6-12,15-16,20,22H2,1-5H3,(H,44,53)(H,45,51)(H,46,47)(H,48,52)/t27-,29+,30+,33+,35-/m1/s1. The molecular weight excluding hydrogens is 738 g/mol. The van der Waals surface area contributed by atoms with Crippen LogP contribution < -0.4 is 26.0 Å². The van der Waals surface area contributed by atoms with Crippen LogP contribution in [0.2, 0.25) is 5.02 Å². The molecule has 6 rings (SSSR count). The number of pyridine rings is 1. The van der Waals surface area contributed by atoms with Gasteiger partial charge in [-0.1, -0.05) is 71.0 Å². The number of anilines is 1. The zero-order valence-electron chi connectivity index (χ0n) is 32.9. The van der Waals surface area contributed by atoms with Gasteiger partial charge < -0.3 is 35.3 Å². The summed E-state index contributed by atoms with van der Waals surface area (Å²) in [5, 5.41) is 12.3. The van der Waals surface area contributed by atoms with Gasteiger partial charge in [-0.05, 0) is 74.1 Å². The second kappa shape index (κ2) is 17.6. The largest absolute Gasteiger partial charge is 0.472 e. The molecule has 5 atom stereocenters. The van der Waals surface area contributed by atoms with Crippen molar-refractivity contribution in [3.05, 3.63) is 47.1 Å². The molecule has 1 aliphatic heterocycles. The maximum atomic E-state index is 14.8. The fourth-order valence-corrected chi connectivity index (χ4v) is 7.70. The molecule has 15 heteroatoms. The van der Waals surface area contributed by atoms with Crippen molar-refractivity contribution in [1.29, 1.82) is 0 Å². The number of rotatable bonds is 15. The molecule has 4 amide bonds. The third kappa shape index (κ3) is 10.2. The number of hydrogen-bond acceptors (Lipinski definition) is 10. The Morgan fingerprint density at radius 2 is 1.77 bits per heavy atom. The Balaban J connectivity index is 1.25. The average Bonchev–Trinajstić information content (AvgIpc) is 3.73. The van der Waals surface area contributed by atoms with Crippen molar-refractivity contribution in [1.82, 2.24) is 30.8 Å². The van der Waals surface area contributed by atoms with Gasteiger partial charge in [0.15, 0.2) is 5.58 Å². The Morgan fingerprint density at radius 3 is 2.43 bits per heavy atom. The third-order valence-electron chi connectivity index (χ3n) is 10.8. The highest BCUT2D eigenvalue weighted by Crippen LogP contribution is 2.32. The number of carbonyl (C=O) groups is 5. The molecule has 3 heterocycles. The van der Waals surface area contributed by atoms with E-state index in [4.69, 9.17) is 20.8 Å². The minimum Gasteiger partial charge on any atom is -0.472 e. The van der Waals surface area contributed by atoms with Gasteiger partial charge in [-0.15, -0.1) is 0 Å². The molecule has 302 valence electrons. The molecule has 4 N–H and O–H groups in total. The molecule has 0 radical (unpaired) electrons. The molecule has 3 aliphatic rings. The average molecular weight is 792 g/mol. The number of nitrogens with zero attached hydrogens (tertiary/aromatic N) is 3. The van der Waals surface area contributed by atoms with E-state index in [1.165, 1.54) is 11.1 Å². The summed E-state index contributed by atoms with van der Waals surface area (Å²) in [4.78, 5) is 79.7. The maximum Gasteiger partial charge on any atom is 0.296 e. The van der Waals surface area contributed by atoms with E-state index in [0.29, 0.717) is 22.5 Å². The Hall–Kier alpha value is -4.72. The van der Waals surface area contributed by atoms with Crippen molar-refractivity contribution in [2.45, 2.75) is 135 Å². The molecule has 14 nitrogen and oxygen atoms in total. The van der Waals surface area contributed by atoms with Gasteiger partial charge in [0.05, 0.1) is 17.6 Å². The monoisotopic (exact) mass is 791 g/mol. The highest BCUT2D eigenvalue weighted by Gasteiger charge is 2.47. The first kappa shape index (κ1) is 40.9. The third-order valence-corrected chi connectivity index (χ3v) is 11.0. The smallest absolute Gasteiger partial charge is 0.296 e. The maximum absolute atomic E-state index is 14.8. The van der Waals surface area contributed by atoms with Gasteiger partial charge in [-0.2, -0.15) is 4.98 Å². The summed E-state index contributed by atoms with van der Waals surface area (Å²) in [6.45, 7) is 9.39. The molecule has 0 unspecified atom stereocenters. The van der Waals surface area contributed by atoms with Crippen LogP contribution in [0, 0.1) is 18.3 Å². The molecule has 1 aromatic carbocycles. The number of fused-ring (bicyclic) bond motifs is 1. The minimum atomic E-state index is -1.07. The van der Waals surface area contributed by atoms with Crippen LogP contribution in [0.5, 0.6) is 5.88 Å². The molecule has 2 saturated carbocycles. The van der Waals surface area contributed by atoms with Crippen LogP contribution in [-0.4, -0.2) is 87.1 Å². The van der Waals surface area contributed by atoms with E-state index < -0.39 is 59.2 Å². The summed E-state index contributed by atoms with van der Waals surface area (Å²) in [5.41, 5.74) is 1.50. The molecule has 3 fully saturated rings. The Kier molecular flexibility index (Phi) is 12.9. The number of Topliss-reactive ketones (excluding diaryl/α,β-unsaturated/α-hetero) is 1. The van der Waals surface area contributed by atoms with Crippen molar-refractivity contribution in [3.8, 4) is 5.88 Å². The molecule has 0 bridgehead atoms. The van der Waals surface area contributed by atoms with Crippen LogP contribution in [0.1, 0.15) is 97.5 Å². The van der Waals surface area contributed by atoms with Crippen LogP contribution in [0.3, 0.4) is 0 Å². The molecule has 1 saturated heterocycles. The number of aromatic nitrogens is 2. The predicted octanol–water partition coefficient (Wildman–Crippen LogP) is 5.26. The van der Waals surface area contributed by atoms with E-state index >= 15 is 0 Å². The SMILES string of the molecule is CCC[C@H](NC(=O)[C@@H]1C[C@@H](Oc2ccc(Cl)cn2)CN1C(=O)[C@@H](NC(=O)[C@@H](Nc1nc2ccc(C)cc2o1)C1CCCCC1)C(C)(C)C)C(=O)C(=O)NC1CC1. The topological polar surface area (TPSA) is 185 Å². The van der Waals surface area contributed by atoms with Crippen LogP contribution in [-0.2, 0) is 24.0 Å². The van der Waals surface area contributed by atoms with Crippen molar-refractivity contribution >= 4 is 58.1 Å². The number of hydrogen-bond donors (Lipinski definition) is 4. The van der Waals surface area contributed by atoms with E-state index in [-0.39, 0.29) is 49.1 Å².